The molecule has 10 nitrogen and oxygen atoms in total. The predicted molar refractivity (Wildman–Crippen MR) is 120 cm³/mol. The summed E-state index contributed by atoms with van der Waals surface area (Å²) in [7, 11) is -4.29. The molecule has 0 aliphatic heterocycles. The number of nitrogens with one attached hydrogen (secondary N) is 2. The second-order valence-corrected chi connectivity index (χ2v) is 9.98. The molecule has 4 rings (SSSR count). The molecule has 0 spiro atoms. The summed E-state index contributed by atoms with van der Waals surface area (Å²) < 4.78 is 26.6. The van der Waals surface area contributed by atoms with Gasteiger partial charge in [-0.1, -0.05) is 0 Å². The van der Waals surface area contributed by atoms with E-state index in [-0.39, 0.29) is 45.1 Å². The van der Waals surface area contributed by atoms with Gasteiger partial charge in [-0.3, -0.25) is 28.8 Å². The average Bonchev–Trinajstić information content (AvgIpc) is 3.23. The summed E-state index contributed by atoms with van der Waals surface area (Å²) in [5.74, 6) is -7.68. The van der Waals surface area contributed by atoms with Crippen LogP contribution in [0.25, 0.3) is 0 Å². The smallest absolute Gasteiger partial charge is 0.238 e. The van der Waals surface area contributed by atoms with Crippen molar-refractivity contribution in [2.45, 2.75) is 23.6 Å². The van der Waals surface area contributed by atoms with Crippen LogP contribution in [0.3, 0.4) is 0 Å². The van der Waals surface area contributed by atoms with Gasteiger partial charge in [0.2, 0.25) is 21.7 Å². The third-order valence-electron chi connectivity index (χ3n) is 5.94. The standard InChI is InChI=1S/C24H20N2O8S/c1-3-25-23(31)17-19(27)13-7-5-11(9-15(13)21(17)29)35(33,34)12-6-8-14-16(10-12)22(30)18(20(14)28)24(32)26-4-2/h5-10,17-18H,3-4H2,1-2H3,(H,25,31)(H,26,32). The first kappa shape index (κ1) is 24.1. The molecule has 0 heterocycles. The summed E-state index contributed by atoms with van der Waals surface area (Å²) >= 11 is 0. The van der Waals surface area contributed by atoms with Crippen LogP contribution < -0.4 is 10.6 Å². The van der Waals surface area contributed by atoms with E-state index in [1.165, 1.54) is 12.1 Å². The zero-order valence-electron chi connectivity index (χ0n) is 18.7. The summed E-state index contributed by atoms with van der Waals surface area (Å²) in [6, 6.07) is 6.68. The SMILES string of the molecule is CCNC(=O)C1C(=O)c2ccc(S(=O)(=O)c3ccc4c(c3)C(=O)C(C(=O)NCC)C4=O)cc2C1=O. The second kappa shape index (κ2) is 8.66. The van der Waals surface area contributed by atoms with Crippen LogP contribution in [0.4, 0.5) is 0 Å². The van der Waals surface area contributed by atoms with Crippen LogP contribution in [0, 0.1) is 11.8 Å². The zero-order valence-corrected chi connectivity index (χ0v) is 19.5. The number of fused-ring (bicyclic) bond motifs is 2. The molecule has 2 aliphatic rings. The van der Waals surface area contributed by atoms with Gasteiger partial charge in [-0.05, 0) is 50.2 Å². The van der Waals surface area contributed by atoms with Crippen LogP contribution in [0.5, 0.6) is 0 Å². The van der Waals surface area contributed by atoms with Crippen molar-refractivity contribution >= 4 is 44.8 Å². The molecule has 0 bridgehead atoms. The molecular weight excluding hydrogens is 476 g/mol. The minimum atomic E-state index is -4.29. The maximum atomic E-state index is 13.3. The molecule has 0 radical (unpaired) electrons. The van der Waals surface area contributed by atoms with Crippen molar-refractivity contribution in [1.82, 2.24) is 10.6 Å². The Hall–Kier alpha value is -3.99. The number of rotatable bonds is 6. The normalized spacial score (nSPS) is 18.9. The van der Waals surface area contributed by atoms with E-state index in [1.807, 2.05) is 0 Å². The number of carbonyl (C=O) groups is 6. The maximum absolute atomic E-state index is 13.3. The maximum Gasteiger partial charge on any atom is 0.238 e. The minimum Gasteiger partial charge on any atom is -0.355 e. The summed E-state index contributed by atoms with van der Waals surface area (Å²) in [6.45, 7) is 3.69. The summed E-state index contributed by atoms with van der Waals surface area (Å²) in [5.41, 5.74) is -0.471. The van der Waals surface area contributed by atoms with E-state index in [1.54, 1.807) is 13.8 Å². The highest BCUT2D eigenvalue weighted by molar-refractivity contribution is 7.91. The Labute approximate surface area is 200 Å². The molecule has 2 atom stereocenters. The summed E-state index contributed by atoms with van der Waals surface area (Å²) in [6.07, 6.45) is 0. The fraction of sp³-hybridized carbons (Fsp3) is 0.250. The van der Waals surface area contributed by atoms with E-state index >= 15 is 0 Å². The van der Waals surface area contributed by atoms with Crippen molar-refractivity contribution in [1.29, 1.82) is 0 Å². The Bertz CT molecular complexity index is 1350. The number of carbonyl (C=O) groups excluding carboxylic acids is 6. The van der Waals surface area contributed by atoms with E-state index in [0.717, 1.165) is 24.3 Å². The molecule has 2 aromatic rings. The van der Waals surface area contributed by atoms with Crippen LogP contribution in [-0.2, 0) is 19.4 Å². The molecule has 2 amide bonds. The van der Waals surface area contributed by atoms with Crippen molar-refractivity contribution in [2.24, 2.45) is 11.8 Å². The minimum absolute atomic E-state index is 0.0512. The van der Waals surface area contributed by atoms with Crippen LogP contribution >= 0.6 is 0 Å². The molecule has 180 valence electrons. The molecule has 2 aliphatic carbocycles. The highest BCUT2D eigenvalue weighted by atomic mass is 32.2. The van der Waals surface area contributed by atoms with Gasteiger partial charge >= 0.3 is 0 Å². The lowest BCUT2D eigenvalue weighted by Crippen LogP contribution is -2.36. The third-order valence-corrected chi connectivity index (χ3v) is 7.69. The average molecular weight is 496 g/mol. The van der Waals surface area contributed by atoms with E-state index in [0.29, 0.717) is 0 Å². The predicted octanol–water partition coefficient (Wildman–Crippen LogP) is 0.782. The van der Waals surface area contributed by atoms with Gasteiger partial charge in [0.1, 0.15) is 0 Å². The highest BCUT2D eigenvalue weighted by Crippen LogP contribution is 2.34. The van der Waals surface area contributed by atoms with Crippen molar-refractivity contribution in [3.8, 4) is 0 Å². The van der Waals surface area contributed by atoms with E-state index < -0.39 is 56.6 Å². The molecule has 2 N–H and O–H groups in total. The lowest BCUT2D eigenvalue weighted by Gasteiger charge is -2.08. The lowest BCUT2D eigenvalue weighted by molar-refractivity contribution is -0.123. The Balaban J connectivity index is 1.71. The molecule has 0 saturated carbocycles. The quantitative estimate of drug-likeness (QED) is 0.555. The number of sulfone groups is 1. The molecule has 2 aromatic carbocycles. The Kier molecular flexibility index (Phi) is 5.97. The third kappa shape index (κ3) is 3.68. The van der Waals surface area contributed by atoms with Gasteiger partial charge in [-0.15, -0.1) is 0 Å². The fourth-order valence-corrected chi connectivity index (χ4v) is 5.56. The van der Waals surface area contributed by atoms with E-state index in [2.05, 4.69) is 10.6 Å². The molecule has 0 fully saturated rings. The Morgan fingerprint density at radius 2 is 1.00 bits per heavy atom. The summed E-state index contributed by atoms with van der Waals surface area (Å²) in [5, 5.41) is 4.84. The van der Waals surface area contributed by atoms with Gasteiger partial charge in [0.15, 0.2) is 35.0 Å². The van der Waals surface area contributed by atoms with Gasteiger partial charge in [-0.2, -0.15) is 0 Å². The van der Waals surface area contributed by atoms with Gasteiger partial charge < -0.3 is 10.6 Å². The number of ketones is 4. The number of hydrogen-bond donors (Lipinski definition) is 2. The highest BCUT2D eigenvalue weighted by Gasteiger charge is 2.45. The van der Waals surface area contributed by atoms with Crippen LogP contribution in [0.15, 0.2) is 46.2 Å². The largest absolute Gasteiger partial charge is 0.355 e. The Morgan fingerprint density at radius 1 is 0.657 bits per heavy atom. The first-order valence-corrected chi connectivity index (χ1v) is 12.3. The van der Waals surface area contributed by atoms with E-state index in [9.17, 15) is 37.2 Å². The van der Waals surface area contributed by atoms with Gasteiger partial charge in [0.05, 0.1) is 9.79 Å². The van der Waals surface area contributed by atoms with Gasteiger partial charge in [-0.25, -0.2) is 8.42 Å². The number of Topliss-reactive ketones (excluding diaryl/α,β-unsaturated/α-hetero) is 4. The van der Waals surface area contributed by atoms with Crippen LogP contribution in [-0.4, -0.2) is 56.5 Å². The zero-order chi connectivity index (χ0) is 25.7. The van der Waals surface area contributed by atoms with Crippen molar-refractivity contribution in [3.05, 3.63) is 58.7 Å². The number of amides is 2. The first-order valence-electron chi connectivity index (χ1n) is 10.8. The topological polar surface area (TPSA) is 161 Å². The van der Waals surface area contributed by atoms with Crippen molar-refractivity contribution in [2.75, 3.05) is 13.1 Å². The molecule has 35 heavy (non-hydrogen) atoms. The molecule has 2 unspecified atom stereocenters. The second-order valence-electron chi connectivity index (χ2n) is 8.03. The van der Waals surface area contributed by atoms with Crippen molar-refractivity contribution < 1.29 is 37.2 Å². The molecule has 11 heteroatoms. The lowest BCUT2D eigenvalue weighted by atomic mass is 10.0. The molecular formula is C24H20N2O8S. The fourth-order valence-electron chi connectivity index (χ4n) is 4.24. The van der Waals surface area contributed by atoms with Crippen LogP contribution in [0.2, 0.25) is 0 Å². The van der Waals surface area contributed by atoms with E-state index in [4.69, 9.17) is 0 Å². The number of hydrogen-bond acceptors (Lipinski definition) is 8. The molecule has 0 aromatic heterocycles. The first-order chi connectivity index (χ1) is 16.5. The molecule has 0 saturated heterocycles. The van der Waals surface area contributed by atoms with Crippen LogP contribution in [0.1, 0.15) is 55.3 Å². The summed E-state index contributed by atoms with van der Waals surface area (Å²) in [4.78, 5) is 74.2. The number of benzene rings is 2. The monoisotopic (exact) mass is 496 g/mol. The van der Waals surface area contributed by atoms with Gasteiger partial charge in [0.25, 0.3) is 0 Å². The van der Waals surface area contributed by atoms with Gasteiger partial charge in [0, 0.05) is 35.3 Å². The van der Waals surface area contributed by atoms with Crippen molar-refractivity contribution in [3.63, 3.8) is 0 Å². The Morgan fingerprint density at radius 3 is 1.34 bits per heavy atom.